The van der Waals surface area contributed by atoms with Crippen molar-refractivity contribution in [3.8, 4) is 0 Å². The average Bonchev–Trinajstić information content (AvgIpc) is 2.74. The number of sulfonamides is 1. The maximum Gasteiger partial charge on any atom is 0.245 e. The first-order valence-corrected chi connectivity index (χ1v) is 7.45. The Bertz CT molecular complexity index is 703. The van der Waals surface area contributed by atoms with Crippen molar-refractivity contribution >= 4 is 15.7 Å². The Labute approximate surface area is 117 Å². The summed E-state index contributed by atoms with van der Waals surface area (Å²) in [4.78, 5) is 4.23. The first-order chi connectivity index (χ1) is 9.32. The minimum atomic E-state index is -3.67. The van der Waals surface area contributed by atoms with Gasteiger partial charge in [0.25, 0.3) is 0 Å². The minimum Gasteiger partial charge on any atom is -0.398 e. The van der Waals surface area contributed by atoms with Crippen molar-refractivity contribution in [2.45, 2.75) is 25.3 Å². The molecule has 0 unspecified atom stereocenters. The van der Waals surface area contributed by atoms with Crippen LogP contribution in [0.4, 0.5) is 5.69 Å². The van der Waals surface area contributed by atoms with Gasteiger partial charge in [0, 0.05) is 7.05 Å². The van der Waals surface area contributed by atoms with Crippen molar-refractivity contribution in [2.24, 2.45) is 0 Å². The number of nitrogen functional groups attached to an aromatic ring is 1. The van der Waals surface area contributed by atoms with Crippen LogP contribution >= 0.6 is 0 Å². The van der Waals surface area contributed by atoms with Crippen LogP contribution in [0.2, 0.25) is 0 Å². The number of aryl methyl sites for hydroxylation is 2. The van der Waals surface area contributed by atoms with E-state index in [-0.39, 0.29) is 17.1 Å². The maximum atomic E-state index is 12.6. The van der Waals surface area contributed by atoms with E-state index >= 15 is 0 Å². The fourth-order valence-corrected chi connectivity index (χ4v) is 3.37. The summed E-state index contributed by atoms with van der Waals surface area (Å²) in [7, 11) is -2.20. The van der Waals surface area contributed by atoms with Crippen LogP contribution in [0.1, 0.15) is 17.2 Å². The first-order valence-electron chi connectivity index (χ1n) is 6.01. The lowest BCUT2D eigenvalue weighted by Crippen LogP contribution is -2.28. The van der Waals surface area contributed by atoms with Gasteiger partial charge < -0.3 is 5.73 Å². The van der Waals surface area contributed by atoms with E-state index in [9.17, 15) is 8.42 Å². The molecule has 0 amide bonds. The number of anilines is 1. The van der Waals surface area contributed by atoms with Gasteiger partial charge in [-0.25, -0.2) is 13.4 Å². The third-order valence-corrected chi connectivity index (χ3v) is 4.94. The van der Waals surface area contributed by atoms with Crippen LogP contribution in [-0.4, -0.2) is 35.0 Å². The number of benzene rings is 1. The van der Waals surface area contributed by atoms with Crippen LogP contribution in [0.3, 0.4) is 0 Å². The first kappa shape index (κ1) is 14.5. The van der Waals surface area contributed by atoms with Gasteiger partial charge in [-0.1, -0.05) is 12.1 Å². The molecule has 1 heterocycles. The quantitative estimate of drug-likeness (QED) is 0.813. The van der Waals surface area contributed by atoms with E-state index in [1.54, 1.807) is 32.0 Å². The highest BCUT2D eigenvalue weighted by Gasteiger charge is 2.26. The van der Waals surface area contributed by atoms with E-state index in [0.717, 1.165) is 0 Å². The molecule has 2 rings (SSSR count). The standard InChI is InChI=1S/C12H17N5O2S/c1-8-5-4-6-10(13)12(8)20(18,19)17(3)7-11-14-9(2)15-16-11/h4-6H,7,13H2,1-3H3,(H,14,15,16). The van der Waals surface area contributed by atoms with Gasteiger partial charge in [-0.2, -0.15) is 9.40 Å². The molecule has 7 nitrogen and oxygen atoms in total. The monoisotopic (exact) mass is 295 g/mol. The van der Waals surface area contributed by atoms with Crippen molar-refractivity contribution in [1.82, 2.24) is 19.5 Å². The summed E-state index contributed by atoms with van der Waals surface area (Å²) >= 11 is 0. The maximum absolute atomic E-state index is 12.6. The van der Waals surface area contributed by atoms with Gasteiger partial charge in [-0.05, 0) is 25.5 Å². The topological polar surface area (TPSA) is 105 Å². The number of nitrogens with one attached hydrogen (secondary N) is 1. The summed E-state index contributed by atoms with van der Waals surface area (Å²) in [5.41, 5.74) is 6.65. The molecule has 0 aliphatic rings. The van der Waals surface area contributed by atoms with Crippen LogP contribution in [0, 0.1) is 13.8 Å². The molecule has 1 aromatic heterocycles. The smallest absolute Gasteiger partial charge is 0.245 e. The zero-order valence-electron chi connectivity index (χ0n) is 11.6. The molecular weight excluding hydrogens is 278 g/mol. The lowest BCUT2D eigenvalue weighted by Gasteiger charge is -2.18. The van der Waals surface area contributed by atoms with Crippen LogP contribution < -0.4 is 5.73 Å². The molecule has 108 valence electrons. The number of H-pyrrole nitrogens is 1. The number of hydrogen-bond acceptors (Lipinski definition) is 5. The SMILES string of the molecule is Cc1nc(CN(C)S(=O)(=O)c2c(C)cccc2N)n[nH]1. The highest BCUT2D eigenvalue weighted by Crippen LogP contribution is 2.25. The van der Waals surface area contributed by atoms with Crippen molar-refractivity contribution in [3.63, 3.8) is 0 Å². The number of aromatic amines is 1. The Morgan fingerprint density at radius 1 is 1.35 bits per heavy atom. The Morgan fingerprint density at radius 3 is 2.60 bits per heavy atom. The summed E-state index contributed by atoms with van der Waals surface area (Å²) in [6.07, 6.45) is 0. The molecule has 0 aliphatic heterocycles. The van der Waals surface area contributed by atoms with Crippen LogP contribution in [0.15, 0.2) is 23.1 Å². The second-order valence-corrected chi connectivity index (χ2v) is 6.57. The Hall–Kier alpha value is -1.93. The predicted octanol–water partition coefficient (Wildman–Crippen LogP) is 0.824. The zero-order chi connectivity index (χ0) is 14.9. The summed E-state index contributed by atoms with van der Waals surface area (Å²) < 4.78 is 26.3. The van der Waals surface area contributed by atoms with Gasteiger partial charge in [0.05, 0.1) is 12.2 Å². The zero-order valence-corrected chi connectivity index (χ0v) is 12.4. The van der Waals surface area contributed by atoms with E-state index in [1.165, 1.54) is 11.4 Å². The Morgan fingerprint density at radius 2 is 2.05 bits per heavy atom. The Balaban J connectivity index is 2.35. The van der Waals surface area contributed by atoms with Gasteiger partial charge in [-0.15, -0.1) is 0 Å². The average molecular weight is 295 g/mol. The molecule has 3 N–H and O–H groups in total. The van der Waals surface area contributed by atoms with Crippen LogP contribution in [0.5, 0.6) is 0 Å². The molecule has 0 saturated carbocycles. The lowest BCUT2D eigenvalue weighted by molar-refractivity contribution is 0.457. The molecular formula is C12H17N5O2S. The number of rotatable bonds is 4. The highest BCUT2D eigenvalue weighted by atomic mass is 32.2. The van der Waals surface area contributed by atoms with Gasteiger partial charge in [0.15, 0.2) is 5.82 Å². The fourth-order valence-electron chi connectivity index (χ4n) is 1.93. The van der Waals surface area contributed by atoms with E-state index in [1.807, 2.05) is 0 Å². The third-order valence-electron chi connectivity index (χ3n) is 2.92. The second kappa shape index (κ2) is 5.22. The van der Waals surface area contributed by atoms with Gasteiger partial charge >= 0.3 is 0 Å². The van der Waals surface area contributed by atoms with Crippen molar-refractivity contribution in [2.75, 3.05) is 12.8 Å². The molecule has 0 radical (unpaired) electrons. The van der Waals surface area contributed by atoms with Gasteiger partial charge in [0.2, 0.25) is 10.0 Å². The summed E-state index contributed by atoms with van der Waals surface area (Å²) in [6.45, 7) is 3.55. The van der Waals surface area contributed by atoms with E-state index in [0.29, 0.717) is 17.2 Å². The molecule has 0 spiro atoms. The molecule has 20 heavy (non-hydrogen) atoms. The number of nitrogens with zero attached hydrogens (tertiary/aromatic N) is 3. The van der Waals surface area contributed by atoms with E-state index in [4.69, 9.17) is 5.73 Å². The van der Waals surface area contributed by atoms with Crippen molar-refractivity contribution in [1.29, 1.82) is 0 Å². The highest BCUT2D eigenvalue weighted by molar-refractivity contribution is 7.89. The molecule has 1 aromatic carbocycles. The molecule has 8 heteroatoms. The number of nitrogens with two attached hydrogens (primary N) is 1. The lowest BCUT2D eigenvalue weighted by atomic mass is 10.2. The molecule has 0 fully saturated rings. The molecule has 2 aromatic rings. The van der Waals surface area contributed by atoms with Crippen molar-refractivity contribution in [3.05, 3.63) is 35.4 Å². The molecule has 0 bridgehead atoms. The van der Waals surface area contributed by atoms with Gasteiger partial charge in [0.1, 0.15) is 10.7 Å². The normalized spacial score (nSPS) is 12.0. The third kappa shape index (κ3) is 2.66. The Kier molecular flexibility index (Phi) is 3.78. The van der Waals surface area contributed by atoms with E-state index in [2.05, 4.69) is 15.2 Å². The molecule has 0 aliphatic carbocycles. The molecule has 0 atom stereocenters. The second-order valence-electron chi connectivity index (χ2n) is 4.59. The van der Waals surface area contributed by atoms with Gasteiger partial charge in [-0.3, -0.25) is 5.10 Å². The summed E-state index contributed by atoms with van der Waals surface area (Å²) in [6, 6.07) is 5.01. The molecule has 0 saturated heterocycles. The summed E-state index contributed by atoms with van der Waals surface area (Å²) in [5.74, 6) is 1.06. The fraction of sp³-hybridized carbons (Fsp3) is 0.333. The number of hydrogen-bond donors (Lipinski definition) is 2. The summed E-state index contributed by atoms with van der Waals surface area (Å²) in [5, 5.41) is 6.61. The van der Waals surface area contributed by atoms with Crippen LogP contribution in [0.25, 0.3) is 0 Å². The van der Waals surface area contributed by atoms with Crippen molar-refractivity contribution < 1.29 is 8.42 Å². The van der Waals surface area contributed by atoms with Crippen LogP contribution in [-0.2, 0) is 16.6 Å². The largest absolute Gasteiger partial charge is 0.398 e. The van der Waals surface area contributed by atoms with E-state index < -0.39 is 10.0 Å². The number of aromatic nitrogens is 3. The predicted molar refractivity (Wildman–Crippen MR) is 75.4 cm³/mol. The minimum absolute atomic E-state index is 0.0838.